The minimum Gasteiger partial charge on any atom is -0.341 e. The van der Waals surface area contributed by atoms with Crippen LogP contribution in [0.5, 0.6) is 0 Å². The summed E-state index contributed by atoms with van der Waals surface area (Å²) in [4.78, 5) is 33.2. The smallest absolute Gasteiger partial charge is 0.252 e. The van der Waals surface area contributed by atoms with Crippen LogP contribution in [0.15, 0.2) is 97.5 Å². The van der Waals surface area contributed by atoms with Crippen molar-refractivity contribution in [3.63, 3.8) is 0 Å². The van der Waals surface area contributed by atoms with E-state index in [4.69, 9.17) is 0 Å². The van der Waals surface area contributed by atoms with E-state index in [0.29, 0.717) is 12.1 Å². The van der Waals surface area contributed by atoms with Crippen molar-refractivity contribution in [1.29, 1.82) is 0 Å². The highest BCUT2D eigenvalue weighted by atomic mass is 16.2. The normalized spacial score (nSPS) is 14.2. The lowest BCUT2D eigenvalue weighted by Crippen LogP contribution is -2.45. The van der Waals surface area contributed by atoms with Crippen molar-refractivity contribution < 1.29 is 9.59 Å². The molecule has 0 spiro atoms. The fraction of sp³-hybridized carbons (Fsp3) is 0.219. The van der Waals surface area contributed by atoms with Crippen molar-refractivity contribution in [2.75, 3.05) is 13.1 Å². The molecule has 200 valence electrons. The summed E-state index contributed by atoms with van der Waals surface area (Å²) in [6.45, 7) is 1.80. The number of likely N-dealkylation sites (tertiary alicyclic amines) is 1. The highest BCUT2D eigenvalue weighted by molar-refractivity contribution is 5.99. The molecule has 2 amide bonds. The Morgan fingerprint density at radius 3 is 2.52 bits per heavy atom. The molecule has 1 fully saturated rings. The minimum atomic E-state index is -0.749. The number of aromatic nitrogens is 4. The fourth-order valence-corrected chi connectivity index (χ4v) is 5.24. The van der Waals surface area contributed by atoms with Crippen LogP contribution in [0.4, 0.5) is 0 Å². The van der Waals surface area contributed by atoms with Crippen molar-refractivity contribution in [2.45, 2.75) is 31.8 Å². The number of rotatable bonds is 7. The molecule has 0 bridgehead atoms. The van der Waals surface area contributed by atoms with Gasteiger partial charge in [0.2, 0.25) is 5.91 Å². The lowest BCUT2D eigenvalue weighted by atomic mass is 10.0. The van der Waals surface area contributed by atoms with Gasteiger partial charge in [-0.1, -0.05) is 65.9 Å². The number of hydrogen-bond acceptors (Lipinski definition) is 5. The van der Waals surface area contributed by atoms with Crippen molar-refractivity contribution in [1.82, 2.24) is 30.2 Å². The average molecular weight is 531 g/mol. The molecule has 6 rings (SSSR count). The number of fused-ring (bicyclic) bond motifs is 1. The summed E-state index contributed by atoms with van der Waals surface area (Å²) in [6, 6.07) is 24.2. The van der Waals surface area contributed by atoms with Gasteiger partial charge in [0.15, 0.2) is 0 Å². The van der Waals surface area contributed by atoms with Gasteiger partial charge < -0.3 is 10.2 Å². The summed E-state index contributed by atoms with van der Waals surface area (Å²) in [5.41, 5.74) is 3.77. The second-order valence-electron chi connectivity index (χ2n) is 10.1. The molecule has 5 aromatic rings. The number of pyridine rings is 1. The average Bonchev–Trinajstić information content (AvgIpc) is 3.49. The quantitative estimate of drug-likeness (QED) is 0.319. The van der Waals surface area contributed by atoms with E-state index in [1.165, 1.54) is 0 Å². The van der Waals surface area contributed by atoms with Crippen molar-refractivity contribution in [2.24, 2.45) is 0 Å². The fourth-order valence-electron chi connectivity index (χ4n) is 5.24. The maximum atomic E-state index is 13.6. The van der Waals surface area contributed by atoms with Crippen molar-refractivity contribution in [3.8, 4) is 11.3 Å². The third-order valence-corrected chi connectivity index (χ3v) is 7.39. The number of carbonyl (C=O) groups excluding carboxylic acids is 2. The SMILES string of the molecule is O=C(NC(C(=O)N1CCCCC1)c1ccccc1)c1ccccc1Cn1cc(-c2ccc3cnccc3c2)nn1. The number of carbonyl (C=O) groups is 2. The molecular weight excluding hydrogens is 500 g/mol. The first-order valence-electron chi connectivity index (χ1n) is 13.6. The third-order valence-electron chi connectivity index (χ3n) is 7.39. The summed E-state index contributed by atoms with van der Waals surface area (Å²) >= 11 is 0. The molecule has 3 heterocycles. The molecule has 1 aliphatic heterocycles. The van der Waals surface area contributed by atoms with E-state index in [-0.39, 0.29) is 11.8 Å². The molecule has 40 heavy (non-hydrogen) atoms. The number of amides is 2. The molecule has 1 N–H and O–H groups in total. The number of piperidine rings is 1. The van der Waals surface area contributed by atoms with Crippen LogP contribution in [-0.4, -0.2) is 49.8 Å². The standard InChI is InChI=1S/C32H30N6O2/c39-31(34-30(23-9-3-1-4-10-23)32(40)37-17-7-2-8-18-37)28-12-6-5-11-27(28)21-38-22-29(35-36-38)25-13-14-26-20-33-16-15-24(26)19-25/h1,3-6,9-16,19-20,22,30H,2,7-8,17-18,21H2,(H,34,39). The molecule has 1 atom stereocenters. The first-order valence-corrected chi connectivity index (χ1v) is 13.6. The first kappa shape index (κ1) is 25.4. The Bertz CT molecular complexity index is 1640. The van der Waals surface area contributed by atoms with Gasteiger partial charge in [0.1, 0.15) is 11.7 Å². The third kappa shape index (κ3) is 5.47. The number of hydrogen-bond donors (Lipinski definition) is 1. The zero-order chi connectivity index (χ0) is 27.3. The summed E-state index contributed by atoms with van der Waals surface area (Å²) in [5.74, 6) is -0.359. The van der Waals surface area contributed by atoms with Crippen LogP contribution in [0.3, 0.4) is 0 Å². The molecule has 1 unspecified atom stereocenters. The van der Waals surface area contributed by atoms with Gasteiger partial charge in [-0.3, -0.25) is 14.6 Å². The van der Waals surface area contributed by atoms with Gasteiger partial charge in [0, 0.05) is 42.0 Å². The van der Waals surface area contributed by atoms with Gasteiger partial charge >= 0.3 is 0 Å². The van der Waals surface area contributed by atoms with Crippen molar-refractivity contribution >= 4 is 22.6 Å². The summed E-state index contributed by atoms with van der Waals surface area (Å²) < 4.78 is 1.73. The summed E-state index contributed by atoms with van der Waals surface area (Å²) in [5, 5.41) is 13.9. The molecular formula is C32H30N6O2. The molecule has 0 aliphatic carbocycles. The second-order valence-corrected chi connectivity index (χ2v) is 10.1. The molecule has 8 heteroatoms. The van der Waals surface area contributed by atoms with Crippen LogP contribution < -0.4 is 5.32 Å². The van der Waals surface area contributed by atoms with Crippen molar-refractivity contribution in [3.05, 3.63) is 114 Å². The number of benzene rings is 3. The van der Waals surface area contributed by atoms with Gasteiger partial charge in [-0.2, -0.15) is 0 Å². The molecule has 1 aliphatic rings. The predicted molar refractivity (Wildman–Crippen MR) is 153 cm³/mol. The molecule has 0 saturated carbocycles. The number of nitrogens with zero attached hydrogens (tertiary/aromatic N) is 5. The van der Waals surface area contributed by atoms with E-state index >= 15 is 0 Å². The maximum Gasteiger partial charge on any atom is 0.252 e. The predicted octanol–water partition coefficient (Wildman–Crippen LogP) is 5.03. The van der Waals surface area contributed by atoms with E-state index in [1.807, 2.05) is 84.0 Å². The molecule has 8 nitrogen and oxygen atoms in total. The largest absolute Gasteiger partial charge is 0.341 e. The topological polar surface area (TPSA) is 93.0 Å². The zero-order valence-electron chi connectivity index (χ0n) is 22.1. The van der Waals surface area contributed by atoms with E-state index in [0.717, 1.165) is 65.5 Å². The Morgan fingerprint density at radius 2 is 1.68 bits per heavy atom. The van der Waals surface area contributed by atoms with E-state index < -0.39 is 6.04 Å². The minimum absolute atomic E-state index is 0.0659. The van der Waals surface area contributed by atoms with E-state index in [9.17, 15) is 9.59 Å². The number of nitrogens with one attached hydrogen (secondary N) is 1. The summed E-state index contributed by atoms with van der Waals surface area (Å²) in [6.07, 6.45) is 8.58. The Hall–Kier alpha value is -4.85. The van der Waals surface area contributed by atoms with Gasteiger partial charge in [0.25, 0.3) is 5.91 Å². The van der Waals surface area contributed by atoms with Crippen LogP contribution in [0.2, 0.25) is 0 Å². The highest BCUT2D eigenvalue weighted by Gasteiger charge is 2.29. The lowest BCUT2D eigenvalue weighted by molar-refractivity contribution is -0.134. The van der Waals surface area contributed by atoms with E-state index in [1.54, 1.807) is 16.9 Å². The molecule has 1 saturated heterocycles. The summed E-state index contributed by atoms with van der Waals surface area (Å²) in [7, 11) is 0. The van der Waals surface area contributed by atoms with Crippen LogP contribution >= 0.6 is 0 Å². The van der Waals surface area contributed by atoms with Gasteiger partial charge in [-0.05, 0) is 54.0 Å². The van der Waals surface area contributed by atoms with Gasteiger partial charge in [-0.25, -0.2) is 4.68 Å². The monoisotopic (exact) mass is 530 g/mol. The van der Waals surface area contributed by atoms with Crippen LogP contribution in [0.1, 0.15) is 46.8 Å². The Morgan fingerprint density at radius 1 is 0.875 bits per heavy atom. The molecule has 2 aromatic heterocycles. The highest BCUT2D eigenvalue weighted by Crippen LogP contribution is 2.24. The molecule has 0 radical (unpaired) electrons. The molecule has 3 aromatic carbocycles. The van der Waals surface area contributed by atoms with Crippen LogP contribution in [0.25, 0.3) is 22.0 Å². The van der Waals surface area contributed by atoms with Crippen LogP contribution in [-0.2, 0) is 11.3 Å². The first-order chi connectivity index (χ1) is 19.7. The maximum absolute atomic E-state index is 13.6. The second kappa shape index (κ2) is 11.5. The van der Waals surface area contributed by atoms with Gasteiger partial charge in [0.05, 0.1) is 12.7 Å². The van der Waals surface area contributed by atoms with Crippen LogP contribution in [0, 0.1) is 0 Å². The Kier molecular flexibility index (Phi) is 7.30. The lowest BCUT2D eigenvalue weighted by Gasteiger charge is -2.31. The Balaban J connectivity index is 1.23. The van der Waals surface area contributed by atoms with Gasteiger partial charge in [-0.15, -0.1) is 5.10 Å². The zero-order valence-corrected chi connectivity index (χ0v) is 22.1. The van der Waals surface area contributed by atoms with E-state index in [2.05, 4.69) is 26.7 Å². The Labute approximate surface area is 232 Å².